The van der Waals surface area contributed by atoms with Crippen molar-refractivity contribution in [3.63, 3.8) is 0 Å². The summed E-state index contributed by atoms with van der Waals surface area (Å²) in [6.07, 6.45) is 0. The van der Waals surface area contributed by atoms with Crippen LogP contribution in [0.3, 0.4) is 0 Å². The number of anilines is 2. The van der Waals surface area contributed by atoms with Crippen LogP contribution in [-0.2, 0) is 0 Å². The Morgan fingerprint density at radius 2 is 1.37 bits per heavy atom. The molecule has 0 spiro atoms. The van der Waals surface area contributed by atoms with Gasteiger partial charge in [-0.15, -0.1) is 0 Å². The monoisotopic (exact) mass is 360 g/mol. The minimum Gasteiger partial charge on any atom is -0.349 e. The largest absolute Gasteiger partial charge is 0.349 e. The predicted molar refractivity (Wildman–Crippen MR) is 102 cm³/mol. The lowest BCUT2D eigenvalue weighted by molar-refractivity contribution is -0.393. The first-order chi connectivity index (χ1) is 13.0. The van der Waals surface area contributed by atoms with Crippen LogP contribution in [0, 0.1) is 20.2 Å². The summed E-state index contributed by atoms with van der Waals surface area (Å²) in [5.41, 5.74) is 1.61. The van der Waals surface area contributed by atoms with Crippen LogP contribution < -0.4 is 5.32 Å². The van der Waals surface area contributed by atoms with Gasteiger partial charge < -0.3 is 5.32 Å². The molecule has 0 saturated heterocycles. The molecule has 0 aliphatic rings. The molecule has 0 aliphatic carbocycles. The zero-order valence-corrected chi connectivity index (χ0v) is 13.8. The fraction of sp³-hybridized carbons (Fsp3) is 0. The minimum atomic E-state index is -0.659. The number of nitro benzene ring substituents is 2. The van der Waals surface area contributed by atoms with Crippen LogP contribution in [0.5, 0.6) is 0 Å². The van der Waals surface area contributed by atoms with Crippen LogP contribution in [-0.4, -0.2) is 14.8 Å². The Kier molecular flexibility index (Phi) is 3.85. The summed E-state index contributed by atoms with van der Waals surface area (Å²) >= 11 is 0. The maximum absolute atomic E-state index is 11.4. The highest BCUT2D eigenvalue weighted by Gasteiger charge is 2.21. The Balaban J connectivity index is 1.95. The molecule has 0 radical (unpaired) electrons. The number of fused-ring (bicyclic) bond motifs is 2. The first-order valence-electron chi connectivity index (χ1n) is 8.02. The lowest BCUT2D eigenvalue weighted by Gasteiger charge is -2.13. The van der Waals surface area contributed by atoms with Gasteiger partial charge in [-0.05, 0) is 18.2 Å². The van der Waals surface area contributed by atoms with Gasteiger partial charge in [0.15, 0.2) is 0 Å². The Morgan fingerprint density at radius 3 is 1.93 bits per heavy atom. The molecule has 8 heteroatoms. The molecule has 3 aromatic carbocycles. The van der Waals surface area contributed by atoms with E-state index in [1.807, 2.05) is 48.5 Å². The molecule has 1 N–H and O–H groups in total. The smallest absolute Gasteiger partial charge is 0.299 e. The fourth-order valence-corrected chi connectivity index (χ4v) is 3.00. The number of benzene rings is 3. The number of rotatable bonds is 4. The summed E-state index contributed by atoms with van der Waals surface area (Å²) in [4.78, 5) is 25.7. The van der Waals surface area contributed by atoms with E-state index in [4.69, 9.17) is 0 Å². The quantitative estimate of drug-likeness (QED) is 0.313. The predicted octanol–water partition coefficient (Wildman–Crippen LogP) is 4.95. The van der Waals surface area contributed by atoms with E-state index in [0.29, 0.717) is 5.69 Å². The van der Waals surface area contributed by atoms with Crippen LogP contribution in [0.15, 0.2) is 66.7 Å². The van der Waals surface area contributed by atoms with Gasteiger partial charge in [0.2, 0.25) is 0 Å². The average molecular weight is 360 g/mol. The first kappa shape index (κ1) is 16.4. The molecule has 0 aliphatic heterocycles. The molecule has 0 saturated carbocycles. The maximum atomic E-state index is 11.4. The molecule has 8 nitrogen and oxygen atoms in total. The van der Waals surface area contributed by atoms with Gasteiger partial charge in [0, 0.05) is 16.8 Å². The number of hydrogen-bond donors (Lipinski definition) is 1. The van der Waals surface area contributed by atoms with Crippen LogP contribution in [0.1, 0.15) is 0 Å². The second-order valence-corrected chi connectivity index (χ2v) is 5.86. The summed E-state index contributed by atoms with van der Waals surface area (Å²) in [6, 6.07) is 18.4. The van der Waals surface area contributed by atoms with Gasteiger partial charge in [0.05, 0.1) is 32.6 Å². The Bertz CT molecular complexity index is 1170. The summed E-state index contributed by atoms with van der Waals surface area (Å²) < 4.78 is 0. The highest BCUT2D eigenvalue weighted by Crippen LogP contribution is 2.37. The van der Waals surface area contributed by atoms with E-state index in [9.17, 15) is 20.2 Å². The maximum Gasteiger partial charge on any atom is 0.299 e. The number of nitrogens with zero attached hydrogens (tertiary/aromatic N) is 3. The Labute approximate surface area is 152 Å². The molecule has 0 bridgehead atoms. The topological polar surface area (TPSA) is 111 Å². The molecule has 0 unspecified atom stereocenters. The zero-order valence-electron chi connectivity index (χ0n) is 13.8. The van der Waals surface area contributed by atoms with E-state index in [1.54, 1.807) is 0 Å². The van der Waals surface area contributed by atoms with Crippen molar-refractivity contribution in [2.45, 2.75) is 0 Å². The van der Waals surface area contributed by atoms with Gasteiger partial charge in [-0.1, -0.05) is 36.4 Å². The van der Waals surface area contributed by atoms with Crippen molar-refractivity contribution >= 4 is 44.6 Å². The van der Waals surface area contributed by atoms with Crippen molar-refractivity contribution in [2.24, 2.45) is 0 Å². The normalized spacial score (nSPS) is 10.8. The SMILES string of the molecule is O=[N+]([O-])c1ccc(Nc2c3ccccc3nc3ccccc23)c([N+](=O)[O-])c1. The van der Waals surface area contributed by atoms with Crippen molar-refractivity contribution in [1.82, 2.24) is 4.98 Å². The Morgan fingerprint density at radius 1 is 0.778 bits per heavy atom. The molecule has 1 aromatic heterocycles. The minimum absolute atomic E-state index is 0.173. The zero-order chi connectivity index (χ0) is 19.0. The highest BCUT2D eigenvalue weighted by atomic mass is 16.6. The van der Waals surface area contributed by atoms with Gasteiger partial charge >= 0.3 is 0 Å². The van der Waals surface area contributed by atoms with Gasteiger partial charge in [-0.25, -0.2) is 4.98 Å². The van der Waals surface area contributed by atoms with Crippen molar-refractivity contribution in [3.8, 4) is 0 Å². The molecule has 1 heterocycles. The van der Waals surface area contributed by atoms with E-state index in [-0.39, 0.29) is 17.1 Å². The van der Waals surface area contributed by atoms with Crippen molar-refractivity contribution < 1.29 is 9.85 Å². The van der Waals surface area contributed by atoms with E-state index >= 15 is 0 Å². The third-order valence-corrected chi connectivity index (χ3v) is 4.24. The fourth-order valence-electron chi connectivity index (χ4n) is 3.00. The summed E-state index contributed by atoms with van der Waals surface area (Å²) in [5, 5.41) is 27.1. The number of para-hydroxylation sites is 2. The summed E-state index contributed by atoms with van der Waals surface area (Å²) in [6.45, 7) is 0. The van der Waals surface area contributed by atoms with Crippen LogP contribution in [0.25, 0.3) is 21.8 Å². The van der Waals surface area contributed by atoms with E-state index in [2.05, 4.69) is 10.3 Å². The molecule has 132 valence electrons. The average Bonchev–Trinajstić information content (AvgIpc) is 2.67. The highest BCUT2D eigenvalue weighted by molar-refractivity contribution is 6.09. The van der Waals surface area contributed by atoms with Crippen LogP contribution in [0.2, 0.25) is 0 Å². The van der Waals surface area contributed by atoms with E-state index in [1.165, 1.54) is 12.1 Å². The molecule has 0 amide bonds. The standard InChI is InChI=1S/C19H12N4O4/c24-22(25)12-9-10-17(18(11-12)23(26)27)21-19-13-5-1-3-7-15(13)20-16-8-4-2-6-14(16)19/h1-11H,(H,20,21). The van der Waals surface area contributed by atoms with Gasteiger partial charge in [-0.3, -0.25) is 20.2 Å². The molecule has 4 rings (SSSR count). The number of hydrogen-bond acceptors (Lipinski definition) is 6. The lowest BCUT2D eigenvalue weighted by atomic mass is 10.1. The number of aromatic nitrogens is 1. The van der Waals surface area contributed by atoms with Crippen molar-refractivity contribution in [2.75, 3.05) is 5.32 Å². The van der Waals surface area contributed by atoms with Crippen molar-refractivity contribution in [3.05, 3.63) is 87.0 Å². The second kappa shape index (κ2) is 6.34. The Hall–Kier alpha value is -4.07. The lowest BCUT2D eigenvalue weighted by Crippen LogP contribution is -2.00. The number of non-ortho nitro benzene ring substituents is 1. The van der Waals surface area contributed by atoms with E-state index in [0.717, 1.165) is 27.9 Å². The molecule has 0 atom stereocenters. The summed E-state index contributed by atoms with van der Waals surface area (Å²) in [5.74, 6) is 0. The van der Waals surface area contributed by atoms with Crippen LogP contribution in [0.4, 0.5) is 22.7 Å². The van der Waals surface area contributed by atoms with E-state index < -0.39 is 9.85 Å². The van der Waals surface area contributed by atoms with Crippen molar-refractivity contribution in [1.29, 1.82) is 0 Å². The number of nitro groups is 2. The summed E-state index contributed by atoms with van der Waals surface area (Å²) in [7, 11) is 0. The second-order valence-electron chi connectivity index (χ2n) is 5.86. The molecule has 27 heavy (non-hydrogen) atoms. The van der Waals surface area contributed by atoms with Gasteiger partial charge in [0.1, 0.15) is 5.69 Å². The van der Waals surface area contributed by atoms with Crippen LogP contribution >= 0.6 is 0 Å². The first-order valence-corrected chi connectivity index (χ1v) is 8.02. The van der Waals surface area contributed by atoms with Gasteiger partial charge in [-0.2, -0.15) is 0 Å². The molecular weight excluding hydrogens is 348 g/mol. The number of nitrogens with one attached hydrogen (secondary N) is 1. The molecular formula is C19H12N4O4. The molecule has 4 aromatic rings. The third-order valence-electron chi connectivity index (χ3n) is 4.24. The van der Waals surface area contributed by atoms with Gasteiger partial charge in [0.25, 0.3) is 11.4 Å². The molecule has 0 fully saturated rings. The third kappa shape index (κ3) is 2.89. The number of pyridine rings is 1.